The summed E-state index contributed by atoms with van der Waals surface area (Å²) in [6.07, 6.45) is 0. The highest BCUT2D eigenvalue weighted by molar-refractivity contribution is 6.26. The summed E-state index contributed by atoms with van der Waals surface area (Å²) in [6.45, 7) is 1.74. The molecule has 96 valence electrons. The maximum Gasteiger partial charge on any atom is 0.259 e. The van der Waals surface area contributed by atoms with Gasteiger partial charge in [0.25, 0.3) is 5.91 Å². The second kappa shape index (κ2) is 4.09. The highest BCUT2D eigenvalue weighted by Crippen LogP contribution is 2.38. The van der Waals surface area contributed by atoms with Crippen molar-refractivity contribution in [3.05, 3.63) is 42.0 Å². The molecule has 1 aliphatic heterocycles. The highest BCUT2D eigenvalue weighted by Gasteiger charge is 2.35. The molecule has 4 heteroatoms. The lowest BCUT2D eigenvalue weighted by Gasteiger charge is -2.24. The fourth-order valence-corrected chi connectivity index (χ4v) is 2.65. The average molecular weight is 254 g/mol. The van der Waals surface area contributed by atoms with Crippen molar-refractivity contribution in [3.63, 3.8) is 0 Å². The number of likely N-dealkylation sites (N-methyl/N-ethyl adjacent to an activating group) is 1. The number of hydrogen-bond donors (Lipinski definition) is 1. The van der Waals surface area contributed by atoms with E-state index in [0.29, 0.717) is 5.56 Å². The summed E-state index contributed by atoms with van der Waals surface area (Å²) in [7, 11) is 1.58. The van der Waals surface area contributed by atoms with Gasteiger partial charge < -0.3 is 5.32 Å². The van der Waals surface area contributed by atoms with Crippen LogP contribution in [0.5, 0.6) is 0 Å². The summed E-state index contributed by atoms with van der Waals surface area (Å²) >= 11 is 0. The number of benzene rings is 2. The van der Waals surface area contributed by atoms with E-state index in [4.69, 9.17) is 0 Å². The Morgan fingerprint density at radius 1 is 1.21 bits per heavy atom. The van der Waals surface area contributed by atoms with Crippen molar-refractivity contribution in [1.29, 1.82) is 0 Å². The number of nitrogens with one attached hydrogen (secondary N) is 1. The molecular formula is C15H14N2O2. The van der Waals surface area contributed by atoms with Crippen LogP contribution in [0.25, 0.3) is 10.8 Å². The first-order valence-corrected chi connectivity index (χ1v) is 6.22. The van der Waals surface area contributed by atoms with E-state index in [9.17, 15) is 9.59 Å². The number of nitrogens with zero attached hydrogens (tertiary/aromatic N) is 1. The van der Waals surface area contributed by atoms with Crippen LogP contribution in [0.15, 0.2) is 36.4 Å². The Morgan fingerprint density at radius 3 is 2.58 bits per heavy atom. The molecule has 1 aliphatic rings. The SMILES string of the molecule is CNC(=O)[C@H](C)N1C(=O)c2cccc3cccc1c23. The maximum atomic E-state index is 12.5. The molecule has 0 radical (unpaired) electrons. The van der Waals surface area contributed by atoms with Crippen LogP contribution >= 0.6 is 0 Å². The minimum Gasteiger partial charge on any atom is -0.357 e. The number of hydrogen-bond acceptors (Lipinski definition) is 2. The van der Waals surface area contributed by atoms with E-state index in [2.05, 4.69) is 5.32 Å². The number of rotatable bonds is 2. The molecule has 2 aromatic carbocycles. The third-order valence-electron chi connectivity index (χ3n) is 3.60. The van der Waals surface area contributed by atoms with E-state index in [1.165, 1.54) is 0 Å². The van der Waals surface area contributed by atoms with Gasteiger partial charge in [0, 0.05) is 18.0 Å². The molecule has 0 saturated heterocycles. The van der Waals surface area contributed by atoms with E-state index in [1.54, 1.807) is 18.9 Å². The predicted octanol–water partition coefficient (Wildman–Crippen LogP) is 1.93. The van der Waals surface area contributed by atoms with Gasteiger partial charge >= 0.3 is 0 Å². The number of carbonyl (C=O) groups excluding carboxylic acids is 2. The molecule has 19 heavy (non-hydrogen) atoms. The van der Waals surface area contributed by atoms with Crippen molar-refractivity contribution >= 4 is 28.3 Å². The molecule has 0 saturated carbocycles. The van der Waals surface area contributed by atoms with Gasteiger partial charge in [0.15, 0.2) is 0 Å². The molecule has 1 N–H and O–H groups in total. The first-order valence-electron chi connectivity index (χ1n) is 6.22. The minimum atomic E-state index is -0.518. The second-order valence-corrected chi connectivity index (χ2v) is 4.65. The Kier molecular flexibility index (Phi) is 2.52. The normalized spacial score (nSPS) is 14.8. The van der Waals surface area contributed by atoms with Gasteiger partial charge in [-0.1, -0.05) is 24.3 Å². The van der Waals surface area contributed by atoms with E-state index < -0.39 is 6.04 Å². The lowest BCUT2D eigenvalue weighted by atomic mass is 10.1. The summed E-state index contributed by atoms with van der Waals surface area (Å²) in [5.74, 6) is -0.277. The van der Waals surface area contributed by atoms with Crippen molar-refractivity contribution in [2.24, 2.45) is 0 Å². The van der Waals surface area contributed by atoms with Crippen molar-refractivity contribution in [3.8, 4) is 0 Å². The predicted molar refractivity (Wildman–Crippen MR) is 74.3 cm³/mol. The van der Waals surface area contributed by atoms with Gasteiger partial charge in [0.2, 0.25) is 5.91 Å². The highest BCUT2D eigenvalue weighted by atomic mass is 16.2. The number of amides is 2. The van der Waals surface area contributed by atoms with Crippen LogP contribution in [0.3, 0.4) is 0 Å². The van der Waals surface area contributed by atoms with Crippen LogP contribution < -0.4 is 10.2 Å². The minimum absolute atomic E-state index is 0.108. The average Bonchev–Trinajstić information content (AvgIpc) is 2.73. The van der Waals surface area contributed by atoms with Crippen molar-refractivity contribution in [2.45, 2.75) is 13.0 Å². The number of anilines is 1. The molecule has 0 aliphatic carbocycles. The van der Waals surface area contributed by atoms with Crippen LogP contribution in [-0.4, -0.2) is 24.9 Å². The largest absolute Gasteiger partial charge is 0.357 e. The van der Waals surface area contributed by atoms with E-state index in [0.717, 1.165) is 16.5 Å². The summed E-state index contributed by atoms with van der Waals surface area (Å²) < 4.78 is 0. The zero-order valence-electron chi connectivity index (χ0n) is 10.8. The Hall–Kier alpha value is -2.36. The Balaban J connectivity index is 2.21. The molecule has 2 amide bonds. The summed E-state index contributed by atoms with van der Waals surface area (Å²) in [5.41, 5.74) is 1.48. The second-order valence-electron chi connectivity index (χ2n) is 4.65. The molecule has 3 rings (SSSR count). The molecule has 0 spiro atoms. The van der Waals surface area contributed by atoms with E-state index in [1.807, 2.05) is 36.4 Å². The van der Waals surface area contributed by atoms with Crippen LogP contribution in [0.2, 0.25) is 0 Å². The van der Waals surface area contributed by atoms with Gasteiger partial charge in [-0.05, 0) is 24.4 Å². The lowest BCUT2D eigenvalue weighted by molar-refractivity contribution is -0.121. The van der Waals surface area contributed by atoms with Crippen molar-refractivity contribution in [2.75, 3.05) is 11.9 Å². The summed E-state index contributed by atoms with van der Waals surface area (Å²) in [5, 5.41) is 4.55. The monoisotopic (exact) mass is 254 g/mol. The molecular weight excluding hydrogens is 240 g/mol. The van der Waals surface area contributed by atoms with E-state index >= 15 is 0 Å². The molecule has 0 aromatic heterocycles. The molecule has 0 fully saturated rings. The molecule has 4 nitrogen and oxygen atoms in total. The van der Waals surface area contributed by atoms with Crippen LogP contribution in [0, 0.1) is 0 Å². The van der Waals surface area contributed by atoms with Gasteiger partial charge in [-0.15, -0.1) is 0 Å². The van der Waals surface area contributed by atoms with Gasteiger partial charge in [-0.2, -0.15) is 0 Å². The van der Waals surface area contributed by atoms with Crippen molar-refractivity contribution < 1.29 is 9.59 Å². The van der Waals surface area contributed by atoms with Crippen molar-refractivity contribution in [1.82, 2.24) is 5.32 Å². The van der Waals surface area contributed by atoms with Crippen LogP contribution in [0.4, 0.5) is 5.69 Å². The van der Waals surface area contributed by atoms with Gasteiger partial charge in [-0.25, -0.2) is 0 Å². The summed E-state index contributed by atoms with van der Waals surface area (Å²) in [4.78, 5) is 25.9. The third-order valence-corrected chi connectivity index (χ3v) is 3.60. The molecule has 2 aromatic rings. The molecule has 0 bridgehead atoms. The molecule has 1 heterocycles. The van der Waals surface area contributed by atoms with Crippen LogP contribution in [0.1, 0.15) is 17.3 Å². The van der Waals surface area contributed by atoms with Gasteiger partial charge in [-0.3, -0.25) is 14.5 Å². The quantitative estimate of drug-likeness (QED) is 0.890. The van der Waals surface area contributed by atoms with E-state index in [-0.39, 0.29) is 11.8 Å². The van der Waals surface area contributed by atoms with Gasteiger partial charge in [0.1, 0.15) is 6.04 Å². The topological polar surface area (TPSA) is 49.4 Å². The molecule has 1 atom stereocenters. The third kappa shape index (κ3) is 1.53. The zero-order valence-corrected chi connectivity index (χ0v) is 10.8. The zero-order chi connectivity index (χ0) is 13.6. The standard InChI is InChI=1S/C15H14N2O2/c1-9(14(18)16-2)17-12-8-4-6-10-5-3-7-11(13(10)12)15(17)19/h3-9H,1-2H3,(H,16,18)/t9-/m0/s1. The lowest BCUT2D eigenvalue weighted by Crippen LogP contribution is -2.45. The Morgan fingerprint density at radius 2 is 1.89 bits per heavy atom. The Labute approximate surface area is 111 Å². The Bertz CT molecular complexity index is 688. The fraction of sp³-hybridized carbons (Fsp3) is 0.200. The summed E-state index contributed by atoms with van der Waals surface area (Å²) in [6, 6.07) is 10.9. The molecule has 0 unspecified atom stereocenters. The first kappa shape index (κ1) is 11.7. The maximum absolute atomic E-state index is 12.5. The van der Waals surface area contributed by atoms with Crippen LogP contribution in [-0.2, 0) is 4.79 Å². The van der Waals surface area contributed by atoms with Gasteiger partial charge in [0.05, 0.1) is 5.69 Å². The smallest absolute Gasteiger partial charge is 0.259 e. The first-order chi connectivity index (χ1) is 9.15. The number of carbonyl (C=O) groups is 2. The fourth-order valence-electron chi connectivity index (χ4n) is 2.65.